The molecule has 0 aliphatic rings. The van der Waals surface area contributed by atoms with E-state index in [2.05, 4.69) is 4.72 Å². The van der Waals surface area contributed by atoms with Crippen molar-refractivity contribution >= 4 is 44.6 Å². The van der Waals surface area contributed by atoms with Gasteiger partial charge < -0.3 is 5.73 Å². The molecule has 0 aromatic heterocycles. The van der Waals surface area contributed by atoms with E-state index in [1.807, 2.05) is 0 Å². The minimum absolute atomic E-state index is 0.0679. The second-order valence-corrected chi connectivity index (χ2v) is 7.20. The highest BCUT2D eigenvalue weighted by molar-refractivity contribution is 7.92. The van der Waals surface area contributed by atoms with E-state index >= 15 is 0 Å². The third kappa shape index (κ3) is 3.43. The fraction of sp³-hybridized carbons (Fsp3) is 0.143. The van der Waals surface area contributed by atoms with Crippen molar-refractivity contribution in [3.05, 3.63) is 51.5 Å². The van der Waals surface area contributed by atoms with Crippen molar-refractivity contribution in [2.75, 3.05) is 10.5 Å². The minimum atomic E-state index is -3.78. The quantitative estimate of drug-likeness (QED) is 0.826. The lowest BCUT2D eigenvalue weighted by molar-refractivity contribution is 0.601. The number of hydrogen-bond acceptors (Lipinski definition) is 3. The van der Waals surface area contributed by atoms with Crippen molar-refractivity contribution in [1.29, 1.82) is 0 Å². The number of sulfonamides is 1. The number of benzene rings is 2. The van der Waals surface area contributed by atoms with Crippen molar-refractivity contribution in [1.82, 2.24) is 0 Å². The molecule has 0 saturated heterocycles. The summed E-state index contributed by atoms with van der Waals surface area (Å²) < 4.78 is 27.1. The molecule has 0 unspecified atom stereocenters. The zero-order valence-corrected chi connectivity index (χ0v) is 13.8. The van der Waals surface area contributed by atoms with Crippen LogP contribution in [0.1, 0.15) is 11.1 Å². The van der Waals surface area contributed by atoms with Crippen LogP contribution in [0.25, 0.3) is 0 Å². The number of hydrogen-bond donors (Lipinski definition) is 2. The highest BCUT2D eigenvalue weighted by atomic mass is 35.5. The maximum atomic E-state index is 12.3. The van der Waals surface area contributed by atoms with Crippen LogP contribution in [0, 0.1) is 13.8 Å². The molecule has 3 N–H and O–H groups in total. The fourth-order valence-corrected chi connectivity index (χ4v) is 3.30. The SMILES string of the molecule is Cc1ccc(S(=O)(=O)Nc2cc(Cl)c(C)cc2Cl)cc1N. The van der Waals surface area contributed by atoms with Crippen molar-refractivity contribution in [3.8, 4) is 0 Å². The zero-order valence-electron chi connectivity index (χ0n) is 11.4. The Bertz CT molecular complexity index is 805. The van der Waals surface area contributed by atoms with Gasteiger partial charge >= 0.3 is 0 Å². The standard InChI is InChI=1S/C14H14Cl2N2O2S/c1-8-3-4-10(6-13(8)17)21(19,20)18-14-7-11(15)9(2)5-12(14)16/h3-7,18H,17H2,1-2H3. The first-order valence-corrected chi connectivity index (χ1v) is 8.29. The van der Waals surface area contributed by atoms with Gasteiger partial charge in [-0.3, -0.25) is 4.72 Å². The number of nitrogen functional groups attached to an aromatic ring is 1. The van der Waals surface area contributed by atoms with Gasteiger partial charge in [-0.1, -0.05) is 29.3 Å². The lowest BCUT2D eigenvalue weighted by Gasteiger charge is -2.12. The molecule has 0 aliphatic carbocycles. The van der Waals surface area contributed by atoms with Gasteiger partial charge in [0.15, 0.2) is 0 Å². The first kappa shape index (κ1) is 15.9. The maximum absolute atomic E-state index is 12.3. The zero-order chi connectivity index (χ0) is 15.8. The molecule has 0 spiro atoms. The smallest absolute Gasteiger partial charge is 0.262 e. The normalized spacial score (nSPS) is 11.4. The molecule has 0 saturated carbocycles. The van der Waals surface area contributed by atoms with E-state index in [1.54, 1.807) is 26.0 Å². The number of nitrogens with two attached hydrogens (primary N) is 1. The molecule has 2 aromatic carbocycles. The van der Waals surface area contributed by atoms with E-state index < -0.39 is 10.0 Å². The molecule has 2 aromatic rings. The molecule has 0 heterocycles. The van der Waals surface area contributed by atoms with Crippen LogP contribution in [0.3, 0.4) is 0 Å². The summed E-state index contributed by atoms with van der Waals surface area (Å²) >= 11 is 12.0. The molecule has 0 atom stereocenters. The van der Waals surface area contributed by atoms with Gasteiger partial charge in [-0.15, -0.1) is 0 Å². The van der Waals surface area contributed by atoms with Gasteiger partial charge in [0.1, 0.15) is 0 Å². The third-order valence-electron chi connectivity index (χ3n) is 3.05. The first-order valence-electron chi connectivity index (χ1n) is 6.05. The number of nitrogens with one attached hydrogen (secondary N) is 1. The molecular formula is C14H14Cl2N2O2S. The Balaban J connectivity index is 2.42. The van der Waals surface area contributed by atoms with Crippen molar-refractivity contribution in [2.45, 2.75) is 18.7 Å². The average molecular weight is 345 g/mol. The van der Waals surface area contributed by atoms with E-state index in [0.717, 1.165) is 11.1 Å². The lowest BCUT2D eigenvalue weighted by Crippen LogP contribution is -2.14. The summed E-state index contributed by atoms with van der Waals surface area (Å²) in [5.74, 6) is 0. The predicted molar refractivity (Wildman–Crippen MR) is 87.6 cm³/mol. The van der Waals surface area contributed by atoms with Crippen LogP contribution >= 0.6 is 23.2 Å². The Kier molecular flexibility index (Phi) is 4.37. The fourth-order valence-electron chi connectivity index (χ4n) is 1.71. The van der Waals surface area contributed by atoms with Gasteiger partial charge in [0, 0.05) is 10.7 Å². The number of anilines is 2. The Morgan fingerprint density at radius 2 is 1.67 bits per heavy atom. The van der Waals surface area contributed by atoms with Crippen LogP contribution < -0.4 is 10.5 Å². The summed E-state index contributed by atoms with van der Waals surface area (Å²) in [7, 11) is -3.78. The Hall–Kier alpha value is -1.43. The summed E-state index contributed by atoms with van der Waals surface area (Å²) in [6.07, 6.45) is 0. The van der Waals surface area contributed by atoms with Gasteiger partial charge in [0.25, 0.3) is 10.0 Å². The van der Waals surface area contributed by atoms with Gasteiger partial charge in [-0.2, -0.15) is 0 Å². The van der Waals surface area contributed by atoms with E-state index in [1.165, 1.54) is 18.2 Å². The monoisotopic (exact) mass is 344 g/mol. The second kappa shape index (κ2) is 5.75. The Morgan fingerprint density at radius 1 is 1.00 bits per heavy atom. The number of aryl methyl sites for hydroxylation is 2. The van der Waals surface area contributed by atoms with Crippen molar-refractivity contribution in [2.24, 2.45) is 0 Å². The molecule has 0 amide bonds. The highest BCUT2D eigenvalue weighted by Crippen LogP contribution is 2.30. The molecule has 112 valence electrons. The topological polar surface area (TPSA) is 72.2 Å². The van der Waals surface area contributed by atoms with Gasteiger partial charge in [-0.05, 0) is 49.2 Å². The number of halogens is 2. The Morgan fingerprint density at radius 3 is 2.29 bits per heavy atom. The molecule has 0 bridgehead atoms. The average Bonchev–Trinajstić information content (AvgIpc) is 2.39. The summed E-state index contributed by atoms with van der Waals surface area (Å²) in [5.41, 5.74) is 7.96. The highest BCUT2D eigenvalue weighted by Gasteiger charge is 2.17. The first-order chi connectivity index (χ1) is 9.70. The van der Waals surface area contributed by atoms with Crippen LogP contribution in [0.15, 0.2) is 35.2 Å². The van der Waals surface area contributed by atoms with E-state index in [0.29, 0.717) is 10.7 Å². The van der Waals surface area contributed by atoms with Crippen LogP contribution in [-0.4, -0.2) is 8.42 Å². The van der Waals surface area contributed by atoms with Gasteiger partial charge in [0.2, 0.25) is 0 Å². The summed E-state index contributed by atoms with van der Waals surface area (Å²) in [5, 5.41) is 0.709. The van der Waals surface area contributed by atoms with E-state index in [9.17, 15) is 8.42 Å². The van der Waals surface area contributed by atoms with Crippen molar-refractivity contribution < 1.29 is 8.42 Å². The van der Waals surface area contributed by atoms with Crippen LogP contribution in [0.4, 0.5) is 11.4 Å². The molecule has 0 aliphatic heterocycles. The van der Waals surface area contributed by atoms with Crippen LogP contribution in [0.2, 0.25) is 10.0 Å². The predicted octanol–water partition coefficient (Wildman–Crippen LogP) is 3.99. The summed E-state index contributed by atoms with van der Waals surface area (Å²) in [4.78, 5) is 0.0679. The number of rotatable bonds is 3. The van der Waals surface area contributed by atoms with Crippen molar-refractivity contribution in [3.63, 3.8) is 0 Å². The molecular weight excluding hydrogens is 331 g/mol. The molecule has 0 radical (unpaired) electrons. The maximum Gasteiger partial charge on any atom is 0.262 e. The van der Waals surface area contributed by atoms with E-state index in [-0.39, 0.29) is 15.6 Å². The minimum Gasteiger partial charge on any atom is -0.398 e. The third-order valence-corrected chi connectivity index (χ3v) is 5.14. The van der Waals surface area contributed by atoms with Gasteiger partial charge in [-0.25, -0.2) is 8.42 Å². The lowest BCUT2D eigenvalue weighted by atomic mass is 10.2. The molecule has 0 fully saturated rings. The second-order valence-electron chi connectivity index (χ2n) is 4.71. The van der Waals surface area contributed by atoms with Gasteiger partial charge in [0.05, 0.1) is 15.6 Å². The summed E-state index contributed by atoms with van der Waals surface area (Å²) in [6, 6.07) is 7.62. The molecule has 21 heavy (non-hydrogen) atoms. The molecule has 2 rings (SSSR count). The largest absolute Gasteiger partial charge is 0.398 e. The summed E-state index contributed by atoms with van der Waals surface area (Å²) in [6.45, 7) is 3.59. The van der Waals surface area contributed by atoms with E-state index in [4.69, 9.17) is 28.9 Å². The van der Waals surface area contributed by atoms with Crippen LogP contribution in [0.5, 0.6) is 0 Å². The molecule has 4 nitrogen and oxygen atoms in total. The Labute approximate surface area is 133 Å². The molecule has 7 heteroatoms. The van der Waals surface area contributed by atoms with Crippen LogP contribution in [-0.2, 0) is 10.0 Å².